The van der Waals surface area contributed by atoms with Gasteiger partial charge in [0.2, 0.25) is 0 Å². The summed E-state index contributed by atoms with van der Waals surface area (Å²) in [5.41, 5.74) is 1.90. The van der Waals surface area contributed by atoms with E-state index in [9.17, 15) is 4.79 Å². The lowest BCUT2D eigenvalue weighted by molar-refractivity contribution is -0.136. The Morgan fingerprint density at radius 2 is 2.00 bits per heavy atom. The van der Waals surface area contributed by atoms with Gasteiger partial charge in [0.1, 0.15) is 12.4 Å². The molecular formula is C17H14O3S. The van der Waals surface area contributed by atoms with E-state index < -0.39 is 5.97 Å². The first-order valence-electron chi connectivity index (χ1n) is 6.61. The highest BCUT2D eigenvalue weighted by Gasteiger charge is 2.05. The minimum absolute atomic E-state index is 0.0125. The minimum atomic E-state index is -0.837. The molecule has 0 radical (unpaired) electrons. The molecule has 0 fully saturated rings. The Bertz CT molecular complexity index is 776. The number of aliphatic carboxylic acids is 1. The van der Waals surface area contributed by atoms with E-state index in [1.165, 1.54) is 10.1 Å². The summed E-state index contributed by atoms with van der Waals surface area (Å²) in [5.74, 6) is -0.139. The molecule has 0 bridgehead atoms. The molecule has 0 saturated heterocycles. The summed E-state index contributed by atoms with van der Waals surface area (Å²) in [6, 6.07) is 15.5. The highest BCUT2D eigenvalue weighted by atomic mass is 32.1. The molecule has 3 rings (SSSR count). The highest BCUT2D eigenvalue weighted by molar-refractivity contribution is 7.17. The van der Waals surface area contributed by atoms with Gasteiger partial charge in [0.25, 0.3) is 0 Å². The zero-order valence-electron chi connectivity index (χ0n) is 11.3. The van der Waals surface area contributed by atoms with Crippen LogP contribution in [0.25, 0.3) is 10.1 Å². The van der Waals surface area contributed by atoms with Crippen molar-refractivity contribution in [3.63, 3.8) is 0 Å². The van der Waals surface area contributed by atoms with Gasteiger partial charge in [0.15, 0.2) is 0 Å². The van der Waals surface area contributed by atoms with Crippen LogP contribution < -0.4 is 4.74 Å². The van der Waals surface area contributed by atoms with Crippen LogP contribution in [0.3, 0.4) is 0 Å². The van der Waals surface area contributed by atoms with Gasteiger partial charge < -0.3 is 9.84 Å². The summed E-state index contributed by atoms with van der Waals surface area (Å²) < 4.78 is 7.04. The number of carboxylic acids is 1. The number of carbonyl (C=O) groups is 1. The second-order valence-corrected chi connectivity index (χ2v) is 5.67. The van der Waals surface area contributed by atoms with Crippen molar-refractivity contribution in [1.29, 1.82) is 0 Å². The number of fused-ring (bicyclic) bond motifs is 1. The van der Waals surface area contributed by atoms with E-state index in [1.807, 2.05) is 24.3 Å². The van der Waals surface area contributed by atoms with Gasteiger partial charge in [-0.25, -0.2) is 0 Å². The van der Waals surface area contributed by atoms with Crippen LogP contribution in [0.4, 0.5) is 0 Å². The highest BCUT2D eigenvalue weighted by Crippen LogP contribution is 2.26. The molecule has 0 aliphatic rings. The normalized spacial score (nSPS) is 10.7. The molecule has 21 heavy (non-hydrogen) atoms. The molecule has 2 aromatic carbocycles. The topological polar surface area (TPSA) is 46.5 Å². The quantitative estimate of drug-likeness (QED) is 0.771. The Morgan fingerprint density at radius 3 is 2.86 bits per heavy atom. The molecule has 3 aromatic rings. The van der Waals surface area contributed by atoms with Crippen LogP contribution in [0, 0.1) is 0 Å². The van der Waals surface area contributed by atoms with E-state index in [-0.39, 0.29) is 6.42 Å². The van der Waals surface area contributed by atoms with Gasteiger partial charge in [0, 0.05) is 10.3 Å². The Hall–Kier alpha value is -2.33. The van der Waals surface area contributed by atoms with Crippen LogP contribution in [0.5, 0.6) is 5.75 Å². The summed E-state index contributed by atoms with van der Waals surface area (Å²) >= 11 is 1.70. The van der Waals surface area contributed by atoms with Crippen LogP contribution in [-0.2, 0) is 17.8 Å². The smallest absolute Gasteiger partial charge is 0.307 e. The Labute approximate surface area is 126 Å². The van der Waals surface area contributed by atoms with Crippen LogP contribution in [0.15, 0.2) is 53.9 Å². The van der Waals surface area contributed by atoms with Crippen LogP contribution in [-0.4, -0.2) is 11.1 Å². The molecule has 0 saturated carbocycles. The van der Waals surface area contributed by atoms with Crippen molar-refractivity contribution in [2.75, 3.05) is 0 Å². The van der Waals surface area contributed by atoms with E-state index in [4.69, 9.17) is 9.84 Å². The first-order valence-corrected chi connectivity index (χ1v) is 7.49. The van der Waals surface area contributed by atoms with Crippen molar-refractivity contribution in [3.8, 4) is 5.75 Å². The number of thiophene rings is 1. The number of rotatable bonds is 5. The molecule has 0 aliphatic heterocycles. The maximum atomic E-state index is 10.7. The average molecular weight is 298 g/mol. The molecule has 0 spiro atoms. The van der Waals surface area contributed by atoms with Crippen LogP contribution in [0.1, 0.15) is 11.1 Å². The molecule has 1 aromatic heterocycles. The van der Waals surface area contributed by atoms with Gasteiger partial charge in [-0.15, -0.1) is 11.3 Å². The van der Waals surface area contributed by atoms with E-state index in [2.05, 4.69) is 17.5 Å². The molecule has 0 aliphatic carbocycles. The van der Waals surface area contributed by atoms with Gasteiger partial charge in [-0.1, -0.05) is 30.3 Å². The maximum absolute atomic E-state index is 10.7. The predicted molar refractivity (Wildman–Crippen MR) is 83.9 cm³/mol. The maximum Gasteiger partial charge on any atom is 0.307 e. The number of ether oxygens (including phenoxy) is 1. The lowest BCUT2D eigenvalue weighted by Crippen LogP contribution is -2.00. The van der Waals surface area contributed by atoms with Crippen molar-refractivity contribution in [3.05, 3.63) is 65.0 Å². The fraction of sp³-hybridized carbons (Fsp3) is 0.118. The molecular weight excluding hydrogens is 284 g/mol. The third kappa shape index (κ3) is 3.23. The minimum Gasteiger partial charge on any atom is -0.489 e. The van der Waals surface area contributed by atoms with Gasteiger partial charge in [-0.05, 0) is 34.5 Å². The number of benzene rings is 2. The van der Waals surface area contributed by atoms with E-state index >= 15 is 0 Å². The third-order valence-corrected chi connectivity index (χ3v) is 4.22. The van der Waals surface area contributed by atoms with Crippen molar-refractivity contribution in [2.45, 2.75) is 13.0 Å². The van der Waals surface area contributed by atoms with E-state index in [1.54, 1.807) is 23.5 Å². The fourth-order valence-corrected chi connectivity index (χ4v) is 3.17. The molecule has 0 amide bonds. The van der Waals surface area contributed by atoms with Gasteiger partial charge >= 0.3 is 5.97 Å². The first-order chi connectivity index (χ1) is 10.2. The second-order valence-electron chi connectivity index (χ2n) is 4.76. The summed E-state index contributed by atoms with van der Waals surface area (Å²) in [6.07, 6.45) is 0.0125. The molecule has 0 atom stereocenters. The lowest BCUT2D eigenvalue weighted by Gasteiger charge is -2.07. The molecule has 1 N–H and O–H groups in total. The van der Waals surface area contributed by atoms with Crippen molar-refractivity contribution in [1.82, 2.24) is 0 Å². The zero-order chi connectivity index (χ0) is 14.7. The molecule has 3 nitrogen and oxygen atoms in total. The van der Waals surface area contributed by atoms with Crippen molar-refractivity contribution < 1.29 is 14.6 Å². The summed E-state index contributed by atoms with van der Waals surface area (Å²) in [4.78, 5) is 10.7. The average Bonchev–Trinajstić information content (AvgIpc) is 2.88. The molecule has 4 heteroatoms. The van der Waals surface area contributed by atoms with Gasteiger partial charge in [0.05, 0.1) is 6.42 Å². The third-order valence-electron chi connectivity index (χ3n) is 3.21. The Kier molecular flexibility index (Phi) is 3.88. The van der Waals surface area contributed by atoms with Crippen molar-refractivity contribution in [2.24, 2.45) is 0 Å². The van der Waals surface area contributed by atoms with Crippen LogP contribution >= 0.6 is 11.3 Å². The van der Waals surface area contributed by atoms with Gasteiger partial charge in [-0.2, -0.15) is 0 Å². The van der Waals surface area contributed by atoms with E-state index in [0.29, 0.717) is 12.4 Å². The monoisotopic (exact) mass is 298 g/mol. The van der Waals surface area contributed by atoms with Crippen LogP contribution in [0.2, 0.25) is 0 Å². The molecule has 0 unspecified atom stereocenters. The van der Waals surface area contributed by atoms with E-state index in [0.717, 1.165) is 11.1 Å². The Balaban J connectivity index is 1.74. The molecule has 106 valence electrons. The number of hydrogen-bond acceptors (Lipinski definition) is 3. The second kappa shape index (κ2) is 5.97. The summed E-state index contributed by atoms with van der Waals surface area (Å²) in [7, 11) is 0. The van der Waals surface area contributed by atoms with Crippen molar-refractivity contribution >= 4 is 27.4 Å². The predicted octanol–water partition coefficient (Wildman–Crippen LogP) is 4.11. The Morgan fingerprint density at radius 1 is 1.14 bits per heavy atom. The summed E-state index contributed by atoms with van der Waals surface area (Å²) in [5, 5.41) is 12.1. The first kappa shape index (κ1) is 13.6. The largest absolute Gasteiger partial charge is 0.489 e. The fourth-order valence-electron chi connectivity index (χ4n) is 2.23. The molecule has 1 heterocycles. The number of carboxylic acid groups (broad SMARTS) is 1. The summed E-state index contributed by atoms with van der Waals surface area (Å²) in [6.45, 7) is 0.487. The lowest BCUT2D eigenvalue weighted by atomic mass is 10.1. The standard InChI is InChI=1S/C17H14O3S/c18-17(19)9-12-4-3-5-14(8-12)20-10-13-11-21-16-7-2-1-6-15(13)16/h1-8,11H,9-10H2,(H,18,19). The SMILES string of the molecule is O=C(O)Cc1cccc(OCc2csc3ccccc23)c1. The van der Waals surface area contributed by atoms with Gasteiger partial charge in [-0.3, -0.25) is 4.79 Å². The zero-order valence-corrected chi connectivity index (χ0v) is 12.1. The number of hydrogen-bond donors (Lipinski definition) is 1.